The second kappa shape index (κ2) is 10.3. The SMILES string of the molecule is CC(C)(C)[Si](C)(C)O[C@H]1C2CCC1C[C@H](S(=O)(=O)c1cc(C(=O)Nc3cc(F)c(F)c(F)c3)ccc1Cl)C2. The summed E-state index contributed by atoms with van der Waals surface area (Å²) in [6.45, 7) is 11.0. The molecular weight excluding hydrogens is 555 g/mol. The van der Waals surface area contributed by atoms with Crippen molar-refractivity contribution in [2.45, 2.75) is 80.8 Å². The molecule has 5 nitrogen and oxygen atoms in total. The van der Waals surface area contributed by atoms with Gasteiger partial charge in [-0.2, -0.15) is 0 Å². The number of nitrogens with one attached hydrogen (secondary N) is 1. The van der Waals surface area contributed by atoms with Crippen molar-refractivity contribution in [3.05, 3.63) is 58.4 Å². The first kappa shape index (κ1) is 29.1. The largest absolute Gasteiger partial charge is 0.413 e. The highest BCUT2D eigenvalue weighted by atomic mass is 35.5. The Morgan fingerprint density at radius 1 is 1.03 bits per heavy atom. The molecule has 2 aromatic rings. The zero-order valence-electron chi connectivity index (χ0n) is 22.1. The fraction of sp³-hybridized carbons (Fsp3) is 0.519. The van der Waals surface area contributed by atoms with E-state index in [0.29, 0.717) is 25.0 Å². The van der Waals surface area contributed by atoms with E-state index >= 15 is 0 Å². The number of carbonyl (C=O) groups is 1. The zero-order valence-corrected chi connectivity index (χ0v) is 24.7. The molecule has 2 aromatic carbocycles. The summed E-state index contributed by atoms with van der Waals surface area (Å²) >= 11 is 6.31. The molecule has 4 rings (SSSR count). The van der Waals surface area contributed by atoms with Crippen molar-refractivity contribution in [2.24, 2.45) is 11.8 Å². The van der Waals surface area contributed by atoms with Gasteiger partial charge in [-0.1, -0.05) is 32.4 Å². The van der Waals surface area contributed by atoms with Gasteiger partial charge in [-0.25, -0.2) is 21.6 Å². The number of rotatable bonds is 6. The minimum absolute atomic E-state index is 0.00702. The number of sulfone groups is 1. The van der Waals surface area contributed by atoms with Crippen LogP contribution in [0.3, 0.4) is 0 Å². The number of carbonyl (C=O) groups excluding carboxylic acids is 1. The molecule has 0 aliphatic heterocycles. The normalized spacial score (nSPS) is 23.9. The number of benzene rings is 2. The first-order valence-electron chi connectivity index (χ1n) is 12.7. The maximum absolute atomic E-state index is 13.7. The van der Waals surface area contributed by atoms with Crippen LogP contribution < -0.4 is 5.32 Å². The number of anilines is 1. The maximum Gasteiger partial charge on any atom is 0.255 e. The number of amides is 1. The fourth-order valence-corrected chi connectivity index (χ4v) is 9.10. The van der Waals surface area contributed by atoms with Crippen molar-refractivity contribution in [1.82, 2.24) is 0 Å². The Bertz CT molecular complexity index is 1330. The zero-order chi connectivity index (χ0) is 28.2. The van der Waals surface area contributed by atoms with Gasteiger partial charge in [-0.3, -0.25) is 4.79 Å². The van der Waals surface area contributed by atoms with E-state index < -0.39 is 46.8 Å². The lowest BCUT2D eigenvalue weighted by Gasteiger charge is -2.44. The van der Waals surface area contributed by atoms with E-state index in [1.165, 1.54) is 18.2 Å². The summed E-state index contributed by atoms with van der Waals surface area (Å²) in [6.07, 6.45) is 2.79. The van der Waals surface area contributed by atoms with Crippen molar-refractivity contribution in [1.29, 1.82) is 0 Å². The van der Waals surface area contributed by atoms with Gasteiger partial charge in [-0.15, -0.1) is 0 Å². The van der Waals surface area contributed by atoms with Gasteiger partial charge in [0.05, 0.1) is 21.3 Å². The van der Waals surface area contributed by atoms with Gasteiger partial charge >= 0.3 is 0 Å². The summed E-state index contributed by atoms with van der Waals surface area (Å²) in [4.78, 5) is 12.6. The summed E-state index contributed by atoms with van der Waals surface area (Å²) < 4.78 is 74.6. The third kappa shape index (κ3) is 5.55. The topological polar surface area (TPSA) is 72.5 Å². The van der Waals surface area contributed by atoms with Crippen molar-refractivity contribution >= 4 is 41.4 Å². The minimum Gasteiger partial charge on any atom is -0.413 e. The fourth-order valence-electron chi connectivity index (χ4n) is 5.25. The molecule has 2 atom stereocenters. The van der Waals surface area contributed by atoms with Gasteiger partial charge in [0.2, 0.25) is 0 Å². The molecule has 0 heterocycles. The third-order valence-electron chi connectivity index (χ3n) is 8.39. The highest BCUT2D eigenvalue weighted by Gasteiger charge is 2.51. The molecule has 0 spiro atoms. The average Bonchev–Trinajstić information content (AvgIpc) is 3.02. The Kier molecular flexibility index (Phi) is 7.86. The van der Waals surface area contributed by atoms with Crippen LogP contribution in [0.4, 0.5) is 18.9 Å². The van der Waals surface area contributed by atoms with Crippen LogP contribution >= 0.6 is 11.6 Å². The predicted octanol–water partition coefficient (Wildman–Crippen LogP) is 7.36. The molecule has 1 amide bonds. The van der Waals surface area contributed by atoms with Crippen LogP contribution in [0.5, 0.6) is 0 Å². The minimum atomic E-state index is -3.89. The summed E-state index contributed by atoms with van der Waals surface area (Å²) in [6, 6.07) is 5.11. The van der Waals surface area contributed by atoms with Crippen molar-refractivity contribution in [3.8, 4) is 0 Å². The van der Waals surface area contributed by atoms with Gasteiger partial charge in [-0.05, 0) is 73.9 Å². The van der Waals surface area contributed by atoms with E-state index in [4.69, 9.17) is 16.0 Å². The van der Waals surface area contributed by atoms with Gasteiger partial charge < -0.3 is 9.74 Å². The van der Waals surface area contributed by atoms with Crippen molar-refractivity contribution in [3.63, 3.8) is 0 Å². The summed E-state index contributed by atoms with van der Waals surface area (Å²) in [5.74, 6) is -5.10. The van der Waals surface area contributed by atoms with E-state index in [-0.39, 0.29) is 44.1 Å². The van der Waals surface area contributed by atoms with Gasteiger partial charge in [0.25, 0.3) is 5.91 Å². The summed E-state index contributed by atoms with van der Waals surface area (Å²) in [5, 5.41) is 1.66. The quantitative estimate of drug-likeness (QED) is 0.283. The molecular formula is C27H33ClF3NO4SSi. The molecule has 2 bridgehead atoms. The number of halogens is 4. The molecule has 208 valence electrons. The Hall–Kier alpha value is -1.88. The third-order valence-corrected chi connectivity index (χ3v) is 15.5. The van der Waals surface area contributed by atoms with Crippen LogP contribution in [0.1, 0.15) is 56.8 Å². The number of hydrogen-bond donors (Lipinski definition) is 1. The lowest BCUT2D eigenvalue weighted by Crippen LogP contribution is -2.49. The predicted molar refractivity (Wildman–Crippen MR) is 144 cm³/mol. The maximum atomic E-state index is 13.7. The van der Waals surface area contributed by atoms with E-state index in [2.05, 4.69) is 39.2 Å². The van der Waals surface area contributed by atoms with Crippen LogP contribution in [-0.4, -0.2) is 34.0 Å². The number of hydrogen-bond acceptors (Lipinski definition) is 4. The molecule has 2 aliphatic carbocycles. The lowest BCUT2D eigenvalue weighted by atomic mass is 9.86. The standard InChI is InChI=1S/C27H33ClF3NO4SSi/c1-27(2,3)38(4,5)36-25-15-6-7-16(25)11-19(10-15)37(34,35)23-12-17(8-9-20(23)28)26(33)32-18-13-21(29)24(31)22(30)14-18/h8-9,12-16,19,25H,6-7,10-11H2,1-5H3,(H,32,33)/t15?,16?,19-,25+. The monoisotopic (exact) mass is 587 g/mol. The van der Waals surface area contributed by atoms with Crippen LogP contribution in [-0.2, 0) is 14.3 Å². The van der Waals surface area contributed by atoms with E-state index in [0.717, 1.165) is 12.8 Å². The van der Waals surface area contributed by atoms with Gasteiger partial charge in [0, 0.05) is 23.4 Å². The second-order valence-corrected chi connectivity index (χ2v) is 19.3. The van der Waals surface area contributed by atoms with E-state index in [1.807, 2.05) is 0 Å². The first-order chi connectivity index (χ1) is 17.5. The van der Waals surface area contributed by atoms with Crippen LogP contribution in [0.15, 0.2) is 35.2 Å². The Morgan fingerprint density at radius 2 is 1.58 bits per heavy atom. The first-order valence-corrected chi connectivity index (χ1v) is 17.5. The van der Waals surface area contributed by atoms with Crippen molar-refractivity contribution in [2.75, 3.05) is 5.32 Å². The molecule has 0 radical (unpaired) electrons. The molecule has 11 heteroatoms. The van der Waals surface area contributed by atoms with Crippen LogP contribution in [0, 0.1) is 29.3 Å². The number of fused-ring (bicyclic) bond motifs is 2. The van der Waals surface area contributed by atoms with Crippen molar-refractivity contribution < 1.29 is 30.8 Å². The highest BCUT2D eigenvalue weighted by Crippen LogP contribution is 2.50. The molecule has 2 saturated carbocycles. The van der Waals surface area contributed by atoms with E-state index in [9.17, 15) is 26.4 Å². The van der Waals surface area contributed by atoms with Gasteiger partial charge in [0.1, 0.15) is 0 Å². The van der Waals surface area contributed by atoms with Crippen LogP contribution in [0.2, 0.25) is 23.2 Å². The lowest BCUT2D eigenvalue weighted by molar-refractivity contribution is 0.0713. The summed E-state index contributed by atoms with van der Waals surface area (Å²) in [7, 11) is -5.91. The highest BCUT2D eigenvalue weighted by molar-refractivity contribution is 7.92. The molecule has 2 fully saturated rings. The Morgan fingerprint density at radius 3 is 2.11 bits per heavy atom. The Balaban J connectivity index is 1.54. The molecule has 2 aliphatic rings. The van der Waals surface area contributed by atoms with Gasteiger partial charge in [0.15, 0.2) is 35.6 Å². The smallest absolute Gasteiger partial charge is 0.255 e. The van der Waals surface area contributed by atoms with E-state index in [1.54, 1.807) is 0 Å². The molecule has 1 N–H and O–H groups in total. The van der Waals surface area contributed by atoms with Crippen LogP contribution in [0.25, 0.3) is 0 Å². The molecule has 0 saturated heterocycles. The Labute approximate surface area is 228 Å². The molecule has 2 unspecified atom stereocenters. The summed E-state index contributed by atoms with van der Waals surface area (Å²) in [5.41, 5.74) is -0.363. The average molecular weight is 588 g/mol. The molecule has 38 heavy (non-hydrogen) atoms. The molecule has 0 aromatic heterocycles. The second-order valence-electron chi connectivity index (χ2n) is 11.9.